The van der Waals surface area contributed by atoms with E-state index in [-0.39, 0.29) is 18.2 Å². The zero-order chi connectivity index (χ0) is 11.9. The molecule has 1 saturated heterocycles. The second-order valence-electron chi connectivity index (χ2n) is 4.02. The lowest BCUT2D eigenvalue weighted by Gasteiger charge is -2.25. The van der Waals surface area contributed by atoms with Crippen LogP contribution in [0.2, 0.25) is 0 Å². The number of ketones is 1. The highest BCUT2D eigenvalue weighted by Gasteiger charge is 2.10. The third-order valence-corrected chi connectivity index (χ3v) is 2.75. The van der Waals surface area contributed by atoms with Gasteiger partial charge in [0.2, 0.25) is 0 Å². The van der Waals surface area contributed by atoms with Crippen molar-refractivity contribution in [2.24, 2.45) is 0 Å². The van der Waals surface area contributed by atoms with Crippen LogP contribution in [0.5, 0.6) is 0 Å². The van der Waals surface area contributed by atoms with Crippen LogP contribution in [0.1, 0.15) is 12.2 Å². The van der Waals surface area contributed by atoms with Gasteiger partial charge in [-0.3, -0.25) is 9.69 Å². The molecule has 0 bridgehead atoms. The molecule has 1 aliphatic heterocycles. The summed E-state index contributed by atoms with van der Waals surface area (Å²) in [4.78, 5) is 13.8. The van der Waals surface area contributed by atoms with Gasteiger partial charge in [-0.15, -0.1) is 12.4 Å². The zero-order valence-electron chi connectivity index (χ0n) is 10.2. The standard InChI is InChI=1S/C13H17NO3.ClH/c15-12(3-4-13-2-1-9-17-13)5-6-14-7-10-16-11-8-14;/h1-4,9H,5-8,10-11H2;1H/b4-3+;. The number of halogens is 1. The maximum atomic E-state index is 11.6. The summed E-state index contributed by atoms with van der Waals surface area (Å²) in [5.41, 5.74) is 0. The molecule has 100 valence electrons. The molecule has 0 spiro atoms. The molecule has 1 aromatic heterocycles. The fourth-order valence-corrected chi connectivity index (χ4v) is 1.74. The fraction of sp³-hybridized carbons (Fsp3) is 0.462. The number of rotatable bonds is 5. The molecule has 0 radical (unpaired) electrons. The molecule has 2 heterocycles. The molecule has 0 atom stereocenters. The molecule has 1 aliphatic rings. The van der Waals surface area contributed by atoms with Crippen molar-refractivity contribution in [2.75, 3.05) is 32.8 Å². The van der Waals surface area contributed by atoms with Gasteiger partial charge in [-0.1, -0.05) is 0 Å². The Morgan fingerprint density at radius 3 is 2.83 bits per heavy atom. The Morgan fingerprint density at radius 2 is 2.17 bits per heavy atom. The van der Waals surface area contributed by atoms with Crippen molar-refractivity contribution in [1.29, 1.82) is 0 Å². The molecular weight excluding hydrogens is 254 g/mol. The number of nitrogens with zero attached hydrogens (tertiary/aromatic N) is 1. The lowest BCUT2D eigenvalue weighted by Crippen LogP contribution is -2.37. The second-order valence-corrected chi connectivity index (χ2v) is 4.02. The highest BCUT2D eigenvalue weighted by Crippen LogP contribution is 2.04. The molecule has 1 aromatic rings. The van der Waals surface area contributed by atoms with E-state index in [1.165, 1.54) is 0 Å². The van der Waals surface area contributed by atoms with E-state index < -0.39 is 0 Å². The maximum Gasteiger partial charge on any atom is 0.157 e. The summed E-state index contributed by atoms with van der Waals surface area (Å²) in [5.74, 6) is 0.845. The zero-order valence-corrected chi connectivity index (χ0v) is 11.0. The molecular formula is C13H18ClNO3. The maximum absolute atomic E-state index is 11.6. The van der Waals surface area contributed by atoms with E-state index >= 15 is 0 Å². The van der Waals surface area contributed by atoms with Crippen molar-refractivity contribution in [1.82, 2.24) is 4.90 Å². The van der Waals surface area contributed by atoms with Crippen LogP contribution >= 0.6 is 12.4 Å². The topological polar surface area (TPSA) is 42.7 Å². The third-order valence-electron chi connectivity index (χ3n) is 2.75. The number of ether oxygens (including phenoxy) is 1. The molecule has 18 heavy (non-hydrogen) atoms. The molecule has 1 fully saturated rings. The number of morpholine rings is 1. The molecule has 0 aliphatic carbocycles. The summed E-state index contributed by atoms with van der Waals surface area (Å²) in [6.45, 7) is 4.21. The van der Waals surface area contributed by atoms with Crippen molar-refractivity contribution in [3.63, 3.8) is 0 Å². The molecule has 2 rings (SSSR count). The molecule has 0 N–H and O–H groups in total. The van der Waals surface area contributed by atoms with E-state index in [9.17, 15) is 4.79 Å². The van der Waals surface area contributed by atoms with Crippen LogP contribution in [0.15, 0.2) is 28.9 Å². The minimum atomic E-state index is 0. The predicted octanol–water partition coefficient (Wildman–Crippen LogP) is 2.01. The SMILES string of the molecule is Cl.O=C(/C=C/c1ccco1)CCN1CCOCC1. The van der Waals surface area contributed by atoms with Crippen LogP contribution in [0.25, 0.3) is 6.08 Å². The Balaban J connectivity index is 0.00000162. The van der Waals surface area contributed by atoms with Crippen LogP contribution in [0.4, 0.5) is 0 Å². The van der Waals surface area contributed by atoms with Gasteiger partial charge in [0.1, 0.15) is 5.76 Å². The van der Waals surface area contributed by atoms with Gasteiger partial charge in [-0.05, 0) is 24.3 Å². The van der Waals surface area contributed by atoms with Crippen LogP contribution in [0.3, 0.4) is 0 Å². The van der Waals surface area contributed by atoms with Gasteiger partial charge in [0.25, 0.3) is 0 Å². The Kier molecular flexibility index (Phi) is 6.72. The molecule has 0 aromatic carbocycles. The number of hydrogen-bond acceptors (Lipinski definition) is 4. The fourth-order valence-electron chi connectivity index (χ4n) is 1.74. The van der Waals surface area contributed by atoms with Gasteiger partial charge in [0.15, 0.2) is 5.78 Å². The van der Waals surface area contributed by atoms with Gasteiger partial charge >= 0.3 is 0 Å². The summed E-state index contributed by atoms with van der Waals surface area (Å²) in [5, 5.41) is 0. The Morgan fingerprint density at radius 1 is 1.39 bits per heavy atom. The first-order valence-corrected chi connectivity index (χ1v) is 5.89. The summed E-state index contributed by atoms with van der Waals surface area (Å²) in [6, 6.07) is 3.63. The van der Waals surface area contributed by atoms with Crippen LogP contribution in [-0.2, 0) is 9.53 Å². The summed E-state index contributed by atoms with van der Waals surface area (Å²) >= 11 is 0. The van der Waals surface area contributed by atoms with Gasteiger partial charge < -0.3 is 9.15 Å². The van der Waals surface area contributed by atoms with Crippen LogP contribution < -0.4 is 0 Å². The van der Waals surface area contributed by atoms with Crippen molar-refractivity contribution in [3.05, 3.63) is 30.2 Å². The van der Waals surface area contributed by atoms with E-state index in [1.54, 1.807) is 24.5 Å². The molecule has 0 amide bonds. The van der Waals surface area contributed by atoms with Crippen molar-refractivity contribution >= 4 is 24.3 Å². The summed E-state index contributed by atoms with van der Waals surface area (Å²) in [7, 11) is 0. The number of allylic oxidation sites excluding steroid dienone is 1. The lowest BCUT2D eigenvalue weighted by molar-refractivity contribution is -0.115. The Hall–Kier alpha value is -1.10. The normalized spacial score (nSPS) is 16.7. The average molecular weight is 272 g/mol. The molecule has 0 saturated carbocycles. The second kappa shape index (κ2) is 8.08. The quantitative estimate of drug-likeness (QED) is 0.769. The Labute approximate surface area is 113 Å². The van der Waals surface area contributed by atoms with Gasteiger partial charge in [-0.25, -0.2) is 0 Å². The number of carbonyl (C=O) groups is 1. The third kappa shape index (κ3) is 5.04. The number of furan rings is 1. The van der Waals surface area contributed by atoms with Gasteiger partial charge in [-0.2, -0.15) is 0 Å². The van der Waals surface area contributed by atoms with Gasteiger partial charge in [0, 0.05) is 26.1 Å². The minimum Gasteiger partial charge on any atom is -0.465 e. The van der Waals surface area contributed by atoms with E-state index in [4.69, 9.17) is 9.15 Å². The average Bonchev–Trinajstić information content (AvgIpc) is 2.88. The van der Waals surface area contributed by atoms with E-state index in [1.807, 2.05) is 6.07 Å². The van der Waals surface area contributed by atoms with Crippen LogP contribution in [0, 0.1) is 0 Å². The molecule has 4 nitrogen and oxygen atoms in total. The first-order valence-electron chi connectivity index (χ1n) is 5.89. The van der Waals surface area contributed by atoms with Crippen molar-refractivity contribution in [3.8, 4) is 0 Å². The van der Waals surface area contributed by atoms with E-state index in [0.717, 1.165) is 32.8 Å². The predicted molar refractivity (Wildman–Crippen MR) is 71.9 cm³/mol. The summed E-state index contributed by atoms with van der Waals surface area (Å²) in [6.07, 6.45) is 5.44. The van der Waals surface area contributed by atoms with Crippen LogP contribution in [-0.4, -0.2) is 43.5 Å². The molecule has 0 unspecified atom stereocenters. The van der Waals surface area contributed by atoms with Crippen molar-refractivity contribution < 1.29 is 13.9 Å². The first-order chi connectivity index (χ1) is 8.34. The minimum absolute atomic E-state index is 0. The highest BCUT2D eigenvalue weighted by molar-refractivity contribution is 5.93. The lowest BCUT2D eigenvalue weighted by atomic mass is 10.2. The number of hydrogen-bond donors (Lipinski definition) is 0. The number of carbonyl (C=O) groups excluding carboxylic acids is 1. The van der Waals surface area contributed by atoms with Gasteiger partial charge in [0.05, 0.1) is 19.5 Å². The van der Waals surface area contributed by atoms with E-state index in [2.05, 4.69) is 4.90 Å². The largest absolute Gasteiger partial charge is 0.465 e. The van der Waals surface area contributed by atoms with E-state index in [0.29, 0.717) is 12.2 Å². The van der Waals surface area contributed by atoms with Crippen molar-refractivity contribution in [2.45, 2.75) is 6.42 Å². The highest BCUT2D eigenvalue weighted by atomic mass is 35.5. The Bertz CT molecular complexity index is 370. The first kappa shape index (κ1) is 15.0. The smallest absolute Gasteiger partial charge is 0.157 e. The molecule has 5 heteroatoms. The monoisotopic (exact) mass is 271 g/mol. The summed E-state index contributed by atoms with van der Waals surface area (Å²) < 4.78 is 10.4.